The lowest BCUT2D eigenvalue weighted by Gasteiger charge is -2.25. The molecule has 0 radical (unpaired) electrons. The molecule has 7 heteroatoms. The fourth-order valence-corrected chi connectivity index (χ4v) is 3.55. The molecule has 1 saturated heterocycles. The van der Waals surface area contributed by atoms with Crippen LogP contribution in [-0.4, -0.2) is 31.5 Å². The zero-order chi connectivity index (χ0) is 14.9. The first-order chi connectivity index (χ1) is 9.26. The predicted molar refractivity (Wildman–Crippen MR) is 77.3 cm³/mol. The topological polar surface area (TPSA) is 54.5 Å². The Morgan fingerprint density at radius 3 is 2.55 bits per heavy atom. The maximum Gasteiger partial charge on any atom is 0.302 e. The van der Waals surface area contributed by atoms with Crippen molar-refractivity contribution in [3.8, 4) is 0 Å². The normalized spacial score (nSPS) is 21.2. The number of rotatable bonds is 4. The van der Waals surface area contributed by atoms with Crippen LogP contribution < -0.4 is 0 Å². The highest BCUT2D eigenvalue weighted by Gasteiger charge is 2.35. The van der Waals surface area contributed by atoms with Crippen molar-refractivity contribution in [2.45, 2.75) is 19.4 Å². The van der Waals surface area contributed by atoms with E-state index in [-0.39, 0.29) is 24.9 Å². The van der Waals surface area contributed by atoms with Gasteiger partial charge in [-0.15, -0.1) is 3.89 Å². The molecule has 0 spiro atoms. The molecule has 1 aromatic carbocycles. The highest BCUT2D eigenvalue weighted by Crippen LogP contribution is 2.29. The molecular formula is C13H15BrFNO3S. The minimum Gasteiger partial charge on any atom is -0.336 e. The van der Waals surface area contributed by atoms with E-state index in [1.54, 1.807) is 4.90 Å². The molecule has 2 rings (SSSR count). The maximum absolute atomic E-state index is 12.7. The van der Waals surface area contributed by atoms with E-state index in [2.05, 4.69) is 15.9 Å². The average Bonchev–Trinajstić information content (AvgIpc) is 2.67. The summed E-state index contributed by atoms with van der Waals surface area (Å²) in [5, 5.41) is 0. The van der Waals surface area contributed by atoms with E-state index < -0.39 is 21.9 Å². The van der Waals surface area contributed by atoms with E-state index in [4.69, 9.17) is 0 Å². The highest BCUT2D eigenvalue weighted by atomic mass is 79.9. The second-order valence-corrected chi connectivity index (χ2v) is 7.38. The quantitative estimate of drug-likeness (QED) is 0.772. The summed E-state index contributed by atoms with van der Waals surface area (Å²) < 4.78 is 35.0. The summed E-state index contributed by atoms with van der Waals surface area (Å²) in [7, 11) is -4.54. The number of carbonyl (C=O) groups is 1. The van der Waals surface area contributed by atoms with Gasteiger partial charge in [0, 0.05) is 23.4 Å². The van der Waals surface area contributed by atoms with Gasteiger partial charge in [0.2, 0.25) is 5.91 Å². The lowest BCUT2D eigenvalue weighted by atomic mass is 10.1. The molecule has 2 atom stereocenters. The van der Waals surface area contributed by atoms with Crippen LogP contribution >= 0.6 is 15.9 Å². The molecule has 20 heavy (non-hydrogen) atoms. The van der Waals surface area contributed by atoms with Crippen LogP contribution in [-0.2, 0) is 15.0 Å². The number of carbonyl (C=O) groups excluding carboxylic acids is 1. The third-order valence-electron chi connectivity index (χ3n) is 3.49. The number of nitrogens with zero attached hydrogens (tertiary/aromatic N) is 1. The van der Waals surface area contributed by atoms with E-state index in [1.165, 1.54) is 0 Å². The van der Waals surface area contributed by atoms with Crippen LogP contribution in [0.5, 0.6) is 0 Å². The van der Waals surface area contributed by atoms with Crippen molar-refractivity contribution >= 4 is 32.1 Å². The first-order valence-corrected chi connectivity index (χ1v) is 8.58. The van der Waals surface area contributed by atoms with Crippen molar-refractivity contribution in [3.63, 3.8) is 0 Å². The average molecular weight is 364 g/mol. The Kier molecular flexibility index (Phi) is 4.49. The van der Waals surface area contributed by atoms with Gasteiger partial charge in [0.15, 0.2) is 0 Å². The van der Waals surface area contributed by atoms with Crippen molar-refractivity contribution in [2.75, 3.05) is 12.3 Å². The van der Waals surface area contributed by atoms with Crippen LogP contribution in [0.1, 0.15) is 24.9 Å². The van der Waals surface area contributed by atoms with Crippen LogP contribution in [0.2, 0.25) is 0 Å². The molecule has 1 aliphatic rings. The van der Waals surface area contributed by atoms with E-state index in [0.717, 1.165) is 10.0 Å². The minimum atomic E-state index is -4.54. The van der Waals surface area contributed by atoms with Crippen molar-refractivity contribution in [1.82, 2.24) is 4.90 Å². The van der Waals surface area contributed by atoms with E-state index in [1.807, 2.05) is 31.2 Å². The third-order valence-corrected chi connectivity index (χ3v) is 4.89. The Hall–Kier alpha value is -0.950. The van der Waals surface area contributed by atoms with Crippen LogP contribution in [0.25, 0.3) is 0 Å². The van der Waals surface area contributed by atoms with Crippen molar-refractivity contribution < 1.29 is 17.1 Å². The summed E-state index contributed by atoms with van der Waals surface area (Å²) >= 11 is 3.34. The van der Waals surface area contributed by atoms with Gasteiger partial charge in [-0.3, -0.25) is 4.79 Å². The van der Waals surface area contributed by atoms with Crippen molar-refractivity contribution in [1.29, 1.82) is 0 Å². The Morgan fingerprint density at radius 2 is 2.00 bits per heavy atom. The Morgan fingerprint density at radius 1 is 1.40 bits per heavy atom. The van der Waals surface area contributed by atoms with Gasteiger partial charge < -0.3 is 4.90 Å². The Balaban J connectivity index is 2.09. The summed E-state index contributed by atoms with van der Waals surface area (Å²) in [5.41, 5.74) is 0.963. The molecule has 0 saturated carbocycles. The SMILES string of the molecule is CC(c1ccc(Br)cc1)N1CC(CS(=O)(=O)F)CC1=O. The third kappa shape index (κ3) is 3.79. The second-order valence-electron chi connectivity index (χ2n) is 5.05. The van der Waals surface area contributed by atoms with Gasteiger partial charge >= 0.3 is 10.2 Å². The highest BCUT2D eigenvalue weighted by molar-refractivity contribution is 9.10. The summed E-state index contributed by atoms with van der Waals surface area (Å²) in [4.78, 5) is 13.6. The molecular weight excluding hydrogens is 349 g/mol. The van der Waals surface area contributed by atoms with E-state index in [0.29, 0.717) is 0 Å². The molecule has 0 N–H and O–H groups in total. The number of halogens is 2. The zero-order valence-corrected chi connectivity index (χ0v) is 13.3. The second kappa shape index (κ2) is 5.81. The molecule has 0 aliphatic carbocycles. The van der Waals surface area contributed by atoms with Gasteiger partial charge in [-0.1, -0.05) is 28.1 Å². The van der Waals surface area contributed by atoms with Gasteiger partial charge in [-0.05, 0) is 24.6 Å². The summed E-state index contributed by atoms with van der Waals surface area (Å²) in [5.74, 6) is -1.17. The number of hydrogen-bond acceptors (Lipinski definition) is 3. The minimum absolute atomic E-state index is 0.0873. The molecule has 0 aromatic heterocycles. The molecule has 1 amide bonds. The summed E-state index contributed by atoms with van der Waals surface area (Å²) in [6, 6.07) is 7.43. The van der Waals surface area contributed by atoms with Gasteiger partial charge in [0.05, 0.1) is 11.8 Å². The fourth-order valence-electron chi connectivity index (χ4n) is 2.50. The van der Waals surface area contributed by atoms with Crippen LogP contribution in [0.4, 0.5) is 3.89 Å². The number of amides is 1. The number of hydrogen-bond donors (Lipinski definition) is 0. The summed E-state index contributed by atoms with van der Waals surface area (Å²) in [6.45, 7) is 2.16. The smallest absolute Gasteiger partial charge is 0.302 e. The Labute approximate surface area is 126 Å². The molecule has 0 bridgehead atoms. The lowest BCUT2D eigenvalue weighted by molar-refractivity contribution is -0.129. The molecule has 1 aliphatic heterocycles. The summed E-state index contributed by atoms with van der Waals surface area (Å²) in [6.07, 6.45) is 0.0873. The van der Waals surface area contributed by atoms with E-state index >= 15 is 0 Å². The first-order valence-electron chi connectivity index (χ1n) is 6.23. The first kappa shape index (κ1) is 15.4. The molecule has 110 valence electrons. The van der Waals surface area contributed by atoms with Gasteiger partial charge in [-0.25, -0.2) is 0 Å². The standard InChI is InChI=1S/C13H15BrFNO3S/c1-9(11-2-4-12(14)5-3-11)16-7-10(6-13(16)17)8-20(15,18)19/h2-5,9-10H,6-8H2,1H3. The maximum atomic E-state index is 12.7. The predicted octanol–water partition coefficient (Wildman–Crippen LogP) is 2.66. The van der Waals surface area contributed by atoms with Gasteiger partial charge in [0.1, 0.15) is 0 Å². The molecule has 1 heterocycles. The van der Waals surface area contributed by atoms with Gasteiger partial charge in [0.25, 0.3) is 0 Å². The Bertz CT molecular complexity index is 603. The van der Waals surface area contributed by atoms with Gasteiger partial charge in [-0.2, -0.15) is 8.42 Å². The van der Waals surface area contributed by atoms with Crippen LogP contribution in [0.3, 0.4) is 0 Å². The number of likely N-dealkylation sites (tertiary alicyclic amines) is 1. The molecule has 2 unspecified atom stereocenters. The zero-order valence-electron chi connectivity index (χ0n) is 10.9. The molecule has 1 aromatic rings. The van der Waals surface area contributed by atoms with Crippen molar-refractivity contribution in [3.05, 3.63) is 34.3 Å². The van der Waals surface area contributed by atoms with Crippen molar-refractivity contribution in [2.24, 2.45) is 5.92 Å². The largest absolute Gasteiger partial charge is 0.336 e. The van der Waals surface area contributed by atoms with Crippen LogP contribution in [0.15, 0.2) is 28.7 Å². The van der Waals surface area contributed by atoms with E-state index in [9.17, 15) is 17.1 Å². The monoisotopic (exact) mass is 363 g/mol. The number of benzene rings is 1. The van der Waals surface area contributed by atoms with Crippen LogP contribution in [0, 0.1) is 5.92 Å². The molecule has 1 fully saturated rings. The lowest BCUT2D eigenvalue weighted by Crippen LogP contribution is -2.29. The molecule has 4 nitrogen and oxygen atoms in total. The fraction of sp³-hybridized carbons (Fsp3) is 0.462.